The highest BCUT2D eigenvalue weighted by atomic mass is 16.5. The lowest BCUT2D eigenvalue weighted by atomic mass is 9.66. The lowest BCUT2D eigenvalue weighted by molar-refractivity contribution is -0.149. The Morgan fingerprint density at radius 1 is 1.20 bits per heavy atom. The first-order chi connectivity index (χ1) is 16.7. The largest absolute Gasteiger partial charge is 0.394 e. The van der Waals surface area contributed by atoms with Gasteiger partial charge in [-0.1, -0.05) is 45.4 Å². The first-order valence-electron chi connectivity index (χ1n) is 13.0. The van der Waals surface area contributed by atoms with Gasteiger partial charge in [-0.05, 0) is 50.7 Å². The number of fused-ring (bicyclic) bond motifs is 1. The second kappa shape index (κ2) is 9.90. The Hall–Kier alpha value is -2.45. The van der Waals surface area contributed by atoms with Gasteiger partial charge in [-0.3, -0.25) is 14.4 Å². The molecule has 2 unspecified atom stereocenters. The monoisotopic (exact) mass is 485 g/mol. The molecule has 8 heteroatoms. The number of hydrogen-bond acceptors (Lipinski definition) is 5. The predicted molar refractivity (Wildman–Crippen MR) is 132 cm³/mol. The third-order valence-electron chi connectivity index (χ3n) is 7.96. The number of hydrogen-bond donors (Lipinski definition) is 3. The van der Waals surface area contributed by atoms with Crippen molar-refractivity contribution in [2.24, 2.45) is 17.8 Å². The summed E-state index contributed by atoms with van der Waals surface area (Å²) < 4.78 is 6.62. The van der Waals surface area contributed by atoms with Crippen LogP contribution in [0.2, 0.25) is 0 Å². The van der Waals surface area contributed by atoms with Gasteiger partial charge < -0.3 is 25.4 Å². The third kappa shape index (κ3) is 4.35. The second-order valence-corrected chi connectivity index (χ2v) is 10.9. The van der Waals surface area contributed by atoms with Crippen LogP contribution in [-0.4, -0.2) is 64.2 Å². The molecule has 3 fully saturated rings. The van der Waals surface area contributed by atoms with Crippen molar-refractivity contribution in [1.29, 1.82) is 0 Å². The Kier molecular flexibility index (Phi) is 7.25. The number of rotatable bonds is 10. The molecule has 0 saturated carbocycles. The van der Waals surface area contributed by atoms with Crippen molar-refractivity contribution in [2.75, 3.05) is 18.5 Å². The SMILES string of the molecule is CCCCNC(=O)C1N([C@@H](CO)CC(C)C)C(=O)[C@@H]2[C@@H](C(=O)Nc3ccccc3)[C@@]3(C)CCC12O3. The number of carbonyl (C=O) groups is 3. The van der Waals surface area contributed by atoms with Gasteiger partial charge in [0.2, 0.25) is 17.7 Å². The number of nitrogens with one attached hydrogen (secondary N) is 2. The number of anilines is 1. The highest BCUT2D eigenvalue weighted by Gasteiger charge is 2.78. The molecule has 1 aromatic rings. The summed E-state index contributed by atoms with van der Waals surface area (Å²) in [5, 5.41) is 16.2. The van der Waals surface area contributed by atoms with Crippen molar-refractivity contribution >= 4 is 23.4 Å². The molecule has 4 rings (SSSR count). The van der Waals surface area contributed by atoms with Crippen LogP contribution >= 0.6 is 0 Å². The van der Waals surface area contributed by atoms with Crippen LogP contribution < -0.4 is 10.6 Å². The number of aliphatic hydroxyl groups is 1. The zero-order valence-corrected chi connectivity index (χ0v) is 21.3. The third-order valence-corrected chi connectivity index (χ3v) is 7.96. The van der Waals surface area contributed by atoms with Crippen molar-refractivity contribution in [3.05, 3.63) is 30.3 Å². The van der Waals surface area contributed by atoms with E-state index in [0.29, 0.717) is 31.5 Å². The summed E-state index contributed by atoms with van der Waals surface area (Å²) in [6.45, 7) is 8.25. The maximum absolute atomic E-state index is 14.1. The summed E-state index contributed by atoms with van der Waals surface area (Å²) in [6.07, 6.45) is 3.44. The summed E-state index contributed by atoms with van der Waals surface area (Å²) in [7, 11) is 0. The van der Waals surface area contributed by atoms with Gasteiger partial charge in [0.05, 0.1) is 30.1 Å². The van der Waals surface area contributed by atoms with Crippen LogP contribution in [0.3, 0.4) is 0 Å². The number of likely N-dealkylation sites (tertiary alicyclic amines) is 1. The highest BCUT2D eigenvalue weighted by molar-refractivity contribution is 6.02. The van der Waals surface area contributed by atoms with Gasteiger partial charge in [-0.25, -0.2) is 0 Å². The molecule has 3 aliphatic heterocycles. The molecule has 35 heavy (non-hydrogen) atoms. The topological polar surface area (TPSA) is 108 Å². The minimum Gasteiger partial charge on any atom is -0.394 e. The van der Waals surface area contributed by atoms with E-state index >= 15 is 0 Å². The lowest BCUT2D eigenvalue weighted by Crippen LogP contribution is -2.58. The van der Waals surface area contributed by atoms with E-state index in [1.54, 1.807) is 17.0 Å². The molecule has 3 heterocycles. The molecular weight excluding hydrogens is 446 g/mol. The average molecular weight is 486 g/mol. The van der Waals surface area contributed by atoms with Gasteiger partial charge in [0.25, 0.3) is 0 Å². The Labute approximate surface area is 207 Å². The van der Waals surface area contributed by atoms with Gasteiger partial charge in [-0.15, -0.1) is 0 Å². The maximum Gasteiger partial charge on any atom is 0.245 e. The Morgan fingerprint density at radius 2 is 1.91 bits per heavy atom. The molecule has 0 aromatic heterocycles. The van der Waals surface area contributed by atoms with Gasteiger partial charge in [0.1, 0.15) is 11.6 Å². The van der Waals surface area contributed by atoms with Crippen LogP contribution in [0, 0.1) is 17.8 Å². The van der Waals surface area contributed by atoms with Crippen LogP contribution in [0.5, 0.6) is 0 Å². The minimum absolute atomic E-state index is 0.216. The number of carbonyl (C=O) groups excluding carboxylic acids is 3. The number of amides is 3. The molecule has 6 atom stereocenters. The number of aliphatic hydroxyl groups excluding tert-OH is 1. The normalized spacial score (nSPS) is 32.1. The van der Waals surface area contributed by atoms with Crippen LogP contribution in [-0.2, 0) is 19.1 Å². The molecule has 3 saturated heterocycles. The Balaban J connectivity index is 1.72. The highest BCUT2D eigenvalue weighted by Crippen LogP contribution is 2.63. The number of ether oxygens (including phenoxy) is 1. The lowest BCUT2D eigenvalue weighted by Gasteiger charge is -2.37. The molecule has 3 aliphatic rings. The summed E-state index contributed by atoms with van der Waals surface area (Å²) in [5.74, 6) is -2.07. The van der Waals surface area contributed by atoms with Crippen molar-refractivity contribution in [1.82, 2.24) is 10.2 Å². The summed E-state index contributed by atoms with van der Waals surface area (Å²) >= 11 is 0. The molecule has 0 aliphatic carbocycles. The van der Waals surface area contributed by atoms with E-state index in [4.69, 9.17) is 4.74 Å². The van der Waals surface area contributed by atoms with Crippen LogP contribution in [0.15, 0.2) is 30.3 Å². The van der Waals surface area contributed by atoms with Crippen molar-refractivity contribution in [3.63, 3.8) is 0 Å². The molecule has 3 amide bonds. The van der Waals surface area contributed by atoms with Crippen LogP contribution in [0.1, 0.15) is 59.8 Å². The zero-order valence-electron chi connectivity index (χ0n) is 21.3. The smallest absolute Gasteiger partial charge is 0.245 e. The Bertz CT molecular complexity index is 953. The number of para-hydroxylation sites is 1. The summed E-state index contributed by atoms with van der Waals surface area (Å²) in [4.78, 5) is 42.8. The molecule has 2 bridgehead atoms. The molecule has 3 N–H and O–H groups in total. The second-order valence-electron chi connectivity index (χ2n) is 10.9. The molecule has 1 spiro atoms. The van der Waals surface area contributed by atoms with Crippen LogP contribution in [0.25, 0.3) is 0 Å². The quantitative estimate of drug-likeness (QED) is 0.442. The van der Waals surface area contributed by atoms with E-state index in [1.807, 2.05) is 39.0 Å². The van der Waals surface area contributed by atoms with Gasteiger partial charge in [-0.2, -0.15) is 0 Å². The fourth-order valence-electron chi connectivity index (χ4n) is 6.50. The number of nitrogens with zero attached hydrogens (tertiary/aromatic N) is 1. The maximum atomic E-state index is 14.1. The molecule has 192 valence electrons. The Morgan fingerprint density at radius 3 is 2.54 bits per heavy atom. The van der Waals surface area contributed by atoms with E-state index < -0.39 is 35.1 Å². The molecule has 0 radical (unpaired) electrons. The van der Waals surface area contributed by atoms with E-state index in [9.17, 15) is 19.5 Å². The summed E-state index contributed by atoms with van der Waals surface area (Å²) in [6, 6.07) is 7.78. The van der Waals surface area contributed by atoms with Gasteiger partial charge in [0, 0.05) is 12.2 Å². The fourth-order valence-corrected chi connectivity index (χ4v) is 6.50. The van der Waals surface area contributed by atoms with Crippen molar-refractivity contribution in [2.45, 2.75) is 83.1 Å². The predicted octanol–water partition coefficient (Wildman–Crippen LogP) is 2.71. The average Bonchev–Trinajstić information content (AvgIpc) is 3.39. The van der Waals surface area contributed by atoms with Gasteiger partial charge >= 0.3 is 0 Å². The standard InChI is InChI=1S/C27H39N3O5/c1-5-6-14-28-24(33)22-27-13-12-26(4,35-27)20(23(32)29-18-10-8-7-9-11-18)21(27)25(34)30(22)19(16-31)15-17(2)3/h7-11,17,19-22,31H,5-6,12-16H2,1-4H3,(H,28,33)(H,29,32)/t19-,20+,21+,22?,26-,27?/m1/s1. The van der Waals surface area contributed by atoms with Crippen molar-refractivity contribution < 1.29 is 24.2 Å². The fraction of sp³-hybridized carbons (Fsp3) is 0.667. The summed E-state index contributed by atoms with van der Waals surface area (Å²) in [5.41, 5.74) is -1.26. The number of benzene rings is 1. The zero-order chi connectivity index (χ0) is 25.4. The van der Waals surface area contributed by atoms with Crippen molar-refractivity contribution in [3.8, 4) is 0 Å². The molecular formula is C27H39N3O5. The van der Waals surface area contributed by atoms with Crippen LogP contribution in [0.4, 0.5) is 5.69 Å². The van der Waals surface area contributed by atoms with Gasteiger partial charge in [0.15, 0.2) is 0 Å². The van der Waals surface area contributed by atoms with E-state index in [2.05, 4.69) is 17.6 Å². The number of unbranched alkanes of at least 4 members (excludes halogenated alkanes) is 1. The first kappa shape index (κ1) is 25.6. The van der Waals surface area contributed by atoms with E-state index in [-0.39, 0.29) is 30.2 Å². The van der Waals surface area contributed by atoms with E-state index in [0.717, 1.165) is 12.8 Å². The molecule has 1 aromatic carbocycles. The minimum atomic E-state index is -1.08. The first-order valence-corrected chi connectivity index (χ1v) is 13.0. The van der Waals surface area contributed by atoms with E-state index in [1.165, 1.54) is 0 Å². The molecule has 8 nitrogen and oxygen atoms in total.